The minimum atomic E-state index is -0.231. The summed E-state index contributed by atoms with van der Waals surface area (Å²) < 4.78 is 0.698. The number of H-pyrrole nitrogens is 1. The average molecular weight is 331 g/mol. The van der Waals surface area contributed by atoms with Crippen molar-refractivity contribution in [2.24, 2.45) is 0 Å². The van der Waals surface area contributed by atoms with Gasteiger partial charge in [-0.3, -0.25) is 9.89 Å². The Kier molecular flexibility index (Phi) is 3.93. The number of aromatic nitrogens is 4. The van der Waals surface area contributed by atoms with Crippen LogP contribution >= 0.6 is 27.5 Å². The maximum Gasteiger partial charge on any atom is 0.257 e. The van der Waals surface area contributed by atoms with E-state index in [0.29, 0.717) is 22.4 Å². The minimum Gasteiger partial charge on any atom is -0.334 e. The zero-order chi connectivity index (χ0) is 13.1. The van der Waals surface area contributed by atoms with Crippen LogP contribution in [0.3, 0.4) is 0 Å². The molecule has 0 atom stereocenters. The van der Waals surface area contributed by atoms with E-state index in [-0.39, 0.29) is 11.1 Å². The monoisotopic (exact) mass is 329 g/mol. The van der Waals surface area contributed by atoms with Crippen molar-refractivity contribution >= 4 is 33.4 Å². The van der Waals surface area contributed by atoms with Crippen LogP contribution in [0.5, 0.6) is 0 Å². The molecule has 0 saturated carbocycles. The summed E-state index contributed by atoms with van der Waals surface area (Å²) in [5.41, 5.74) is 0.341. The van der Waals surface area contributed by atoms with E-state index in [9.17, 15) is 4.79 Å². The Morgan fingerprint density at radius 1 is 1.56 bits per heavy atom. The van der Waals surface area contributed by atoms with Gasteiger partial charge in [0.2, 0.25) is 0 Å². The second-order valence-corrected chi connectivity index (χ2v) is 4.86. The van der Waals surface area contributed by atoms with Gasteiger partial charge in [-0.15, -0.1) is 0 Å². The third-order valence-electron chi connectivity index (χ3n) is 2.23. The lowest BCUT2D eigenvalue weighted by atomic mass is 10.2. The van der Waals surface area contributed by atoms with E-state index in [0.717, 1.165) is 0 Å². The van der Waals surface area contributed by atoms with Crippen LogP contribution in [0.2, 0.25) is 5.15 Å². The van der Waals surface area contributed by atoms with Gasteiger partial charge in [-0.2, -0.15) is 5.10 Å². The number of hydrogen-bond donors (Lipinski definition) is 1. The fraction of sp³-hybridized carbons (Fsp3) is 0.200. The molecule has 2 heterocycles. The Labute approximate surface area is 117 Å². The number of aromatic amines is 1. The largest absolute Gasteiger partial charge is 0.334 e. The quantitative estimate of drug-likeness (QED) is 0.872. The number of nitrogens with zero attached hydrogens (tertiary/aromatic N) is 4. The van der Waals surface area contributed by atoms with Crippen molar-refractivity contribution in [2.45, 2.75) is 6.54 Å². The maximum absolute atomic E-state index is 12.2. The fourth-order valence-electron chi connectivity index (χ4n) is 1.38. The summed E-state index contributed by atoms with van der Waals surface area (Å²) in [4.78, 5) is 21.5. The highest BCUT2D eigenvalue weighted by Crippen LogP contribution is 2.19. The highest BCUT2D eigenvalue weighted by Gasteiger charge is 2.17. The first kappa shape index (κ1) is 13.0. The molecule has 0 saturated heterocycles. The van der Waals surface area contributed by atoms with Crippen molar-refractivity contribution in [3.63, 3.8) is 0 Å². The molecular weight excluding hydrogens is 322 g/mol. The van der Waals surface area contributed by atoms with Crippen molar-refractivity contribution in [1.29, 1.82) is 0 Å². The first-order valence-electron chi connectivity index (χ1n) is 4.98. The van der Waals surface area contributed by atoms with Crippen molar-refractivity contribution in [3.05, 3.63) is 39.6 Å². The van der Waals surface area contributed by atoms with Crippen molar-refractivity contribution < 1.29 is 4.79 Å². The Morgan fingerprint density at radius 2 is 2.33 bits per heavy atom. The zero-order valence-corrected chi connectivity index (χ0v) is 11.7. The minimum absolute atomic E-state index is 0.174. The number of nitrogens with one attached hydrogen (secondary N) is 1. The topological polar surface area (TPSA) is 74.8 Å². The van der Waals surface area contributed by atoms with Crippen LogP contribution in [0.4, 0.5) is 0 Å². The molecule has 8 heteroatoms. The first-order valence-corrected chi connectivity index (χ1v) is 6.16. The summed E-state index contributed by atoms with van der Waals surface area (Å²) in [5.74, 6) is 0.370. The van der Waals surface area contributed by atoms with E-state index >= 15 is 0 Å². The summed E-state index contributed by atoms with van der Waals surface area (Å²) in [6.45, 7) is 0.321. The third-order valence-corrected chi connectivity index (χ3v) is 2.97. The number of rotatable bonds is 3. The lowest BCUT2D eigenvalue weighted by Crippen LogP contribution is -2.27. The van der Waals surface area contributed by atoms with Gasteiger partial charge in [0, 0.05) is 17.7 Å². The van der Waals surface area contributed by atoms with Gasteiger partial charge in [0.25, 0.3) is 5.91 Å². The van der Waals surface area contributed by atoms with Crippen LogP contribution in [0.1, 0.15) is 16.2 Å². The second kappa shape index (κ2) is 5.45. The van der Waals surface area contributed by atoms with Gasteiger partial charge in [0.05, 0.1) is 12.1 Å². The summed E-state index contributed by atoms with van der Waals surface area (Å²) in [7, 11) is 1.65. The van der Waals surface area contributed by atoms with Crippen LogP contribution < -0.4 is 0 Å². The predicted molar refractivity (Wildman–Crippen MR) is 69.1 cm³/mol. The zero-order valence-electron chi connectivity index (χ0n) is 9.39. The molecule has 2 aromatic rings. The smallest absolute Gasteiger partial charge is 0.257 e. The molecule has 18 heavy (non-hydrogen) atoms. The predicted octanol–water partition coefficient (Wildman–Crippen LogP) is 1.89. The Bertz CT molecular complexity index is 559. The number of carbonyl (C=O) groups excluding carboxylic acids is 1. The number of halogens is 2. The van der Waals surface area contributed by atoms with Gasteiger partial charge < -0.3 is 4.90 Å². The van der Waals surface area contributed by atoms with Crippen LogP contribution in [-0.2, 0) is 6.54 Å². The molecule has 2 rings (SSSR count). The molecular formula is C10H9BrClN5O. The Balaban J connectivity index is 2.17. The molecule has 0 aliphatic carbocycles. The van der Waals surface area contributed by atoms with E-state index in [4.69, 9.17) is 11.6 Å². The molecule has 6 nitrogen and oxygen atoms in total. The summed E-state index contributed by atoms with van der Waals surface area (Å²) >= 11 is 9.16. The summed E-state index contributed by atoms with van der Waals surface area (Å²) in [6, 6.07) is 1.63. The molecule has 0 spiro atoms. The van der Waals surface area contributed by atoms with E-state index in [1.807, 2.05) is 0 Å². The van der Waals surface area contributed by atoms with E-state index in [1.165, 1.54) is 17.4 Å². The van der Waals surface area contributed by atoms with Gasteiger partial charge in [0.1, 0.15) is 17.3 Å². The fourth-order valence-corrected chi connectivity index (χ4v) is 1.90. The number of hydrogen-bond acceptors (Lipinski definition) is 4. The van der Waals surface area contributed by atoms with Crippen molar-refractivity contribution in [1.82, 2.24) is 25.1 Å². The molecule has 0 aromatic carbocycles. The molecule has 2 aromatic heterocycles. The van der Waals surface area contributed by atoms with E-state index in [1.54, 1.807) is 13.1 Å². The summed E-state index contributed by atoms with van der Waals surface area (Å²) in [6.07, 6.45) is 2.93. The molecule has 0 fully saturated rings. The molecule has 0 bridgehead atoms. The van der Waals surface area contributed by atoms with E-state index in [2.05, 4.69) is 36.1 Å². The van der Waals surface area contributed by atoms with E-state index < -0.39 is 0 Å². The standard InChI is InChI=1S/C10H9BrClN5O/c1-17(4-8-14-5-15-16-8)10(18)7-2-6(11)3-13-9(7)12/h2-3,5H,4H2,1H3,(H,14,15,16). The summed E-state index contributed by atoms with van der Waals surface area (Å²) in [5, 5.41) is 6.58. The highest BCUT2D eigenvalue weighted by molar-refractivity contribution is 9.10. The highest BCUT2D eigenvalue weighted by atomic mass is 79.9. The SMILES string of the molecule is CN(Cc1ncn[nH]1)C(=O)c1cc(Br)cnc1Cl. The normalized spacial score (nSPS) is 10.4. The van der Waals surface area contributed by atoms with Gasteiger partial charge in [-0.25, -0.2) is 9.97 Å². The molecule has 0 radical (unpaired) electrons. The van der Waals surface area contributed by atoms with Gasteiger partial charge in [-0.1, -0.05) is 11.6 Å². The lowest BCUT2D eigenvalue weighted by Gasteiger charge is -2.16. The maximum atomic E-state index is 12.2. The molecule has 0 aliphatic rings. The van der Waals surface area contributed by atoms with Gasteiger partial charge >= 0.3 is 0 Å². The number of pyridine rings is 1. The van der Waals surface area contributed by atoms with Crippen molar-refractivity contribution in [3.8, 4) is 0 Å². The number of carbonyl (C=O) groups is 1. The van der Waals surface area contributed by atoms with Crippen molar-refractivity contribution in [2.75, 3.05) is 7.05 Å². The van der Waals surface area contributed by atoms with Gasteiger partial charge in [0.15, 0.2) is 0 Å². The molecule has 0 unspecified atom stereocenters. The first-order chi connectivity index (χ1) is 8.58. The van der Waals surface area contributed by atoms with Crippen LogP contribution in [0.15, 0.2) is 23.1 Å². The van der Waals surface area contributed by atoms with Crippen LogP contribution in [0.25, 0.3) is 0 Å². The third kappa shape index (κ3) is 2.85. The second-order valence-electron chi connectivity index (χ2n) is 3.59. The molecule has 1 amide bonds. The van der Waals surface area contributed by atoms with Gasteiger partial charge in [-0.05, 0) is 22.0 Å². The van der Waals surface area contributed by atoms with Crippen LogP contribution in [0, 0.1) is 0 Å². The Hall–Kier alpha value is -1.47. The molecule has 1 N–H and O–H groups in total. The average Bonchev–Trinajstić information content (AvgIpc) is 2.84. The molecule has 94 valence electrons. The van der Waals surface area contributed by atoms with Crippen LogP contribution in [-0.4, -0.2) is 38.0 Å². The molecule has 0 aliphatic heterocycles. The Morgan fingerprint density at radius 3 is 3.00 bits per heavy atom. The number of amides is 1. The lowest BCUT2D eigenvalue weighted by molar-refractivity contribution is 0.0781.